The maximum Gasteiger partial charge on any atom is 1.00 e. The fourth-order valence-corrected chi connectivity index (χ4v) is 2.11. The Bertz CT molecular complexity index is 377. The third-order valence-electron chi connectivity index (χ3n) is 0.980. The number of nitrogens with zero attached hydrogens (tertiary/aromatic N) is 1. The van der Waals surface area contributed by atoms with Crippen molar-refractivity contribution in [3.05, 3.63) is 15.5 Å². The molecule has 0 aliphatic carbocycles. The average Bonchev–Trinajstić information content (AvgIpc) is 2.32. The minimum atomic E-state index is -4.75. The molecule has 1 rings (SSSR count). The van der Waals surface area contributed by atoms with Crippen molar-refractivity contribution in [2.24, 2.45) is 0 Å². The third kappa shape index (κ3) is 3.80. The predicted octanol–water partition coefficient (Wildman–Crippen LogP) is -2.66. The average molecular weight is 252 g/mol. The van der Waals surface area contributed by atoms with Crippen molar-refractivity contribution < 1.29 is 47.6 Å². The van der Waals surface area contributed by atoms with Crippen LogP contribution in [0.2, 0.25) is 4.34 Å². The zero-order valence-electron chi connectivity index (χ0n) is 6.47. The van der Waals surface area contributed by atoms with Crippen LogP contribution in [0.15, 0.2) is 6.20 Å². The number of aromatic nitrogens is 1. The Labute approximate surface area is 106 Å². The van der Waals surface area contributed by atoms with Gasteiger partial charge >= 0.3 is 29.6 Å². The van der Waals surface area contributed by atoms with E-state index in [4.69, 9.17) is 16.7 Å². The molecular formula is C4H3ClNNaO4S2. The van der Waals surface area contributed by atoms with Gasteiger partial charge in [0.15, 0.2) is 5.44 Å². The first kappa shape index (κ1) is 13.8. The first-order valence-electron chi connectivity index (χ1n) is 2.65. The first-order chi connectivity index (χ1) is 5.41. The summed E-state index contributed by atoms with van der Waals surface area (Å²) in [6, 6.07) is 0. The van der Waals surface area contributed by atoms with Crippen LogP contribution in [-0.4, -0.2) is 23.1 Å². The second-order valence-corrected chi connectivity index (χ2v) is 4.97. The molecule has 5 nitrogen and oxygen atoms in total. The van der Waals surface area contributed by atoms with Gasteiger partial charge in [0.05, 0.1) is 6.20 Å². The summed E-state index contributed by atoms with van der Waals surface area (Å²) in [5, 5.41) is 8.65. The van der Waals surface area contributed by atoms with Gasteiger partial charge in [0.2, 0.25) is 0 Å². The monoisotopic (exact) mass is 251 g/mol. The van der Waals surface area contributed by atoms with E-state index in [-0.39, 0.29) is 38.9 Å². The van der Waals surface area contributed by atoms with Crippen LogP contribution in [0.5, 0.6) is 0 Å². The molecule has 1 heterocycles. The minimum absolute atomic E-state index is 0. The van der Waals surface area contributed by atoms with E-state index in [9.17, 15) is 13.0 Å². The molecule has 0 aliphatic heterocycles. The Hall–Kier alpha value is 0.790. The zero-order valence-corrected chi connectivity index (χ0v) is 10.9. The van der Waals surface area contributed by atoms with Gasteiger partial charge < -0.3 is 9.66 Å². The van der Waals surface area contributed by atoms with E-state index in [0.29, 0.717) is 0 Å². The van der Waals surface area contributed by atoms with Gasteiger partial charge in [-0.2, -0.15) is 0 Å². The molecule has 9 heteroatoms. The zero-order chi connectivity index (χ0) is 9.35. The van der Waals surface area contributed by atoms with Gasteiger partial charge in [-0.05, 0) is 0 Å². The number of halogens is 1. The van der Waals surface area contributed by atoms with Crippen molar-refractivity contribution >= 4 is 33.1 Å². The van der Waals surface area contributed by atoms with E-state index in [1.165, 1.54) is 0 Å². The van der Waals surface area contributed by atoms with Gasteiger partial charge in [0, 0.05) is 0 Å². The molecule has 1 unspecified atom stereocenters. The topological polar surface area (TPSA) is 90.3 Å². The van der Waals surface area contributed by atoms with E-state index in [2.05, 4.69) is 4.98 Å². The van der Waals surface area contributed by atoms with Crippen LogP contribution in [0.3, 0.4) is 0 Å². The molecule has 0 radical (unpaired) electrons. The van der Waals surface area contributed by atoms with Gasteiger partial charge in [-0.25, -0.2) is 13.4 Å². The number of aliphatic hydroxyl groups is 1. The van der Waals surface area contributed by atoms with Gasteiger partial charge in [-0.15, -0.1) is 11.3 Å². The molecule has 13 heavy (non-hydrogen) atoms. The van der Waals surface area contributed by atoms with E-state index in [1.54, 1.807) is 0 Å². The van der Waals surface area contributed by atoms with Gasteiger partial charge in [-0.3, -0.25) is 0 Å². The SMILES string of the molecule is O=S(=O)([O-])C(O)c1ncc(Cl)s1.[Na+]. The summed E-state index contributed by atoms with van der Waals surface area (Å²) in [7, 11) is -4.75. The Kier molecular flexibility index (Phi) is 5.34. The van der Waals surface area contributed by atoms with E-state index < -0.39 is 15.6 Å². The fraction of sp³-hybridized carbons (Fsp3) is 0.250. The maximum absolute atomic E-state index is 10.3. The van der Waals surface area contributed by atoms with Gasteiger partial charge in [0.25, 0.3) is 0 Å². The Balaban J connectivity index is 0.00000144. The number of hydrogen-bond donors (Lipinski definition) is 1. The van der Waals surface area contributed by atoms with Crippen molar-refractivity contribution in [3.8, 4) is 0 Å². The summed E-state index contributed by atoms with van der Waals surface area (Å²) in [6.07, 6.45) is 1.16. The van der Waals surface area contributed by atoms with Crippen LogP contribution in [0.1, 0.15) is 10.4 Å². The van der Waals surface area contributed by atoms with E-state index >= 15 is 0 Å². The second-order valence-electron chi connectivity index (χ2n) is 1.85. The van der Waals surface area contributed by atoms with Gasteiger partial charge in [-0.1, -0.05) is 11.6 Å². The molecule has 0 bridgehead atoms. The van der Waals surface area contributed by atoms with Crippen molar-refractivity contribution in [2.45, 2.75) is 5.44 Å². The van der Waals surface area contributed by atoms with Crippen LogP contribution in [0.25, 0.3) is 0 Å². The normalized spacial score (nSPS) is 13.5. The standard InChI is InChI=1S/C4H4ClNO4S2.Na/c5-2-1-6-3(11-2)4(7)12(8,9)10;/h1,4,7H,(H,8,9,10);/q;+1/p-1. The largest absolute Gasteiger partial charge is 1.00 e. The number of thiazole rings is 1. The molecule has 0 fully saturated rings. The van der Waals surface area contributed by atoms with Crippen LogP contribution in [-0.2, 0) is 10.1 Å². The van der Waals surface area contributed by atoms with E-state index in [1.807, 2.05) is 0 Å². The number of aliphatic hydroxyl groups excluding tert-OH is 1. The molecule has 0 aromatic carbocycles. The van der Waals surface area contributed by atoms with Crippen molar-refractivity contribution in [1.82, 2.24) is 4.98 Å². The summed E-state index contributed by atoms with van der Waals surface area (Å²) in [4.78, 5) is 3.44. The smallest absolute Gasteiger partial charge is 0.746 e. The Morgan fingerprint density at radius 2 is 2.23 bits per heavy atom. The van der Waals surface area contributed by atoms with Gasteiger partial charge in [0.1, 0.15) is 19.5 Å². The Morgan fingerprint density at radius 1 is 1.69 bits per heavy atom. The molecule has 1 aromatic heterocycles. The van der Waals surface area contributed by atoms with Crippen LogP contribution in [0.4, 0.5) is 0 Å². The molecule has 0 saturated carbocycles. The van der Waals surface area contributed by atoms with Crippen LogP contribution < -0.4 is 29.6 Å². The molecular weight excluding hydrogens is 249 g/mol. The Morgan fingerprint density at radius 3 is 2.54 bits per heavy atom. The number of hydrogen-bond acceptors (Lipinski definition) is 6. The molecule has 1 atom stereocenters. The van der Waals surface area contributed by atoms with Crippen LogP contribution in [0, 0.1) is 0 Å². The maximum atomic E-state index is 10.3. The molecule has 1 aromatic rings. The van der Waals surface area contributed by atoms with E-state index in [0.717, 1.165) is 17.5 Å². The van der Waals surface area contributed by atoms with Crippen molar-refractivity contribution in [2.75, 3.05) is 0 Å². The fourth-order valence-electron chi connectivity index (χ4n) is 0.505. The quantitative estimate of drug-likeness (QED) is 0.458. The second kappa shape index (κ2) is 5.04. The predicted molar refractivity (Wildman–Crippen MR) is 41.8 cm³/mol. The van der Waals surface area contributed by atoms with Crippen molar-refractivity contribution in [3.63, 3.8) is 0 Å². The summed E-state index contributed by atoms with van der Waals surface area (Å²) < 4.78 is 31.0. The number of rotatable bonds is 2. The summed E-state index contributed by atoms with van der Waals surface area (Å²) in [6.45, 7) is 0. The molecule has 0 saturated heterocycles. The molecule has 1 N–H and O–H groups in total. The molecule has 0 spiro atoms. The van der Waals surface area contributed by atoms with Crippen molar-refractivity contribution in [1.29, 1.82) is 0 Å². The first-order valence-corrected chi connectivity index (χ1v) is 5.32. The third-order valence-corrected chi connectivity index (χ3v) is 3.07. The minimum Gasteiger partial charge on any atom is -0.746 e. The molecule has 0 aliphatic rings. The molecule has 68 valence electrons. The summed E-state index contributed by atoms with van der Waals surface area (Å²) in [5.74, 6) is 0. The summed E-state index contributed by atoms with van der Waals surface area (Å²) >= 11 is 6.15. The van der Waals surface area contributed by atoms with Crippen LogP contribution >= 0.6 is 22.9 Å². The summed E-state index contributed by atoms with van der Waals surface area (Å²) in [5.41, 5.74) is -2.12. The molecule has 0 amide bonds.